The SMILES string of the molecule is C=CC[C@@H](C#N)CCC.CC.Clc1ccccc1Cl. The van der Waals surface area contributed by atoms with Gasteiger partial charge in [0, 0.05) is 5.92 Å². The zero-order valence-corrected chi connectivity index (χ0v) is 13.5. The van der Waals surface area contributed by atoms with E-state index in [2.05, 4.69) is 19.6 Å². The van der Waals surface area contributed by atoms with Gasteiger partial charge < -0.3 is 0 Å². The van der Waals surface area contributed by atoms with Gasteiger partial charge in [0.2, 0.25) is 0 Å². The highest BCUT2D eigenvalue weighted by Crippen LogP contribution is 2.19. The van der Waals surface area contributed by atoms with Crippen molar-refractivity contribution in [2.75, 3.05) is 0 Å². The van der Waals surface area contributed by atoms with E-state index in [0.29, 0.717) is 10.0 Å². The molecule has 1 aromatic rings. The minimum Gasteiger partial charge on any atom is -0.198 e. The molecule has 1 atom stereocenters. The van der Waals surface area contributed by atoms with Gasteiger partial charge in [-0.2, -0.15) is 5.26 Å². The summed E-state index contributed by atoms with van der Waals surface area (Å²) >= 11 is 11.2. The van der Waals surface area contributed by atoms with Crippen molar-refractivity contribution in [3.63, 3.8) is 0 Å². The van der Waals surface area contributed by atoms with Crippen LogP contribution in [0, 0.1) is 17.2 Å². The summed E-state index contributed by atoms with van der Waals surface area (Å²) in [7, 11) is 0. The third-order valence-corrected chi connectivity index (χ3v) is 2.85. The molecule has 0 unspecified atom stereocenters. The first-order chi connectivity index (χ1) is 9.15. The lowest BCUT2D eigenvalue weighted by atomic mass is 10.0. The Kier molecular flexibility index (Phi) is 16.2. The van der Waals surface area contributed by atoms with E-state index in [0.717, 1.165) is 19.3 Å². The molecule has 1 nitrogen and oxygen atoms in total. The van der Waals surface area contributed by atoms with Crippen LogP contribution >= 0.6 is 23.2 Å². The molecule has 0 aromatic heterocycles. The predicted octanol–water partition coefficient (Wildman–Crippen LogP) is 6.52. The first-order valence-corrected chi connectivity index (χ1v) is 7.31. The lowest BCUT2D eigenvalue weighted by molar-refractivity contribution is 0.601. The minimum atomic E-state index is 0.201. The Morgan fingerprint density at radius 1 is 1.26 bits per heavy atom. The molecular formula is C16H23Cl2N. The minimum absolute atomic E-state index is 0.201. The summed E-state index contributed by atoms with van der Waals surface area (Å²) in [5, 5.41) is 9.70. The Balaban J connectivity index is 0. The molecule has 106 valence electrons. The Morgan fingerprint density at radius 3 is 2.00 bits per heavy atom. The second-order valence-corrected chi connectivity index (χ2v) is 4.37. The molecule has 0 bridgehead atoms. The van der Waals surface area contributed by atoms with Crippen LogP contribution in [0.15, 0.2) is 36.9 Å². The Hall–Kier alpha value is -0.970. The van der Waals surface area contributed by atoms with Crippen molar-refractivity contribution in [3.8, 4) is 6.07 Å². The van der Waals surface area contributed by atoms with Crippen molar-refractivity contribution in [2.24, 2.45) is 5.92 Å². The van der Waals surface area contributed by atoms with E-state index in [1.165, 1.54) is 0 Å². The molecule has 0 saturated carbocycles. The van der Waals surface area contributed by atoms with Crippen LogP contribution in [0.3, 0.4) is 0 Å². The van der Waals surface area contributed by atoms with Crippen molar-refractivity contribution in [1.29, 1.82) is 5.26 Å². The van der Waals surface area contributed by atoms with Crippen molar-refractivity contribution in [3.05, 3.63) is 47.0 Å². The third-order valence-electron chi connectivity index (χ3n) is 2.10. The van der Waals surface area contributed by atoms with Gasteiger partial charge in [0.15, 0.2) is 0 Å². The number of halogens is 2. The number of nitriles is 1. The lowest BCUT2D eigenvalue weighted by Gasteiger charge is -2.00. The zero-order valence-electron chi connectivity index (χ0n) is 12.0. The number of benzene rings is 1. The molecular weight excluding hydrogens is 277 g/mol. The van der Waals surface area contributed by atoms with Gasteiger partial charge in [-0.1, -0.05) is 68.6 Å². The molecule has 0 radical (unpaired) electrons. The quantitative estimate of drug-likeness (QED) is 0.580. The van der Waals surface area contributed by atoms with E-state index in [1.807, 2.05) is 32.1 Å². The van der Waals surface area contributed by atoms with E-state index in [-0.39, 0.29) is 5.92 Å². The van der Waals surface area contributed by atoms with Crippen LogP contribution < -0.4 is 0 Å². The second-order valence-electron chi connectivity index (χ2n) is 3.55. The third kappa shape index (κ3) is 11.8. The van der Waals surface area contributed by atoms with Crippen LogP contribution in [-0.4, -0.2) is 0 Å². The Morgan fingerprint density at radius 2 is 1.74 bits per heavy atom. The smallest absolute Gasteiger partial charge is 0.0659 e. The molecule has 19 heavy (non-hydrogen) atoms. The van der Waals surface area contributed by atoms with E-state index in [4.69, 9.17) is 28.5 Å². The summed E-state index contributed by atoms with van der Waals surface area (Å²) < 4.78 is 0. The highest BCUT2D eigenvalue weighted by Gasteiger charge is 2.00. The number of allylic oxidation sites excluding steroid dienone is 1. The molecule has 0 heterocycles. The normalized spacial score (nSPS) is 9.89. The van der Waals surface area contributed by atoms with Crippen LogP contribution in [0.5, 0.6) is 0 Å². The maximum absolute atomic E-state index is 8.49. The maximum atomic E-state index is 8.49. The van der Waals surface area contributed by atoms with Gasteiger partial charge in [0.05, 0.1) is 16.1 Å². The molecule has 0 amide bonds. The van der Waals surface area contributed by atoms with Gasteiger partial charge in [0.1, 0.15) is 0 Å². The van der Waals surface area contributed by atoms with Gasteiger partial charge in [0.25, 0.3) is 0 Å². The number of hydrogen-bond acceptors (Lipinski definition) is 1. The summed E-state index contributed by atoms with van der Waals surface area (Å²) in [5.74, 6) is 0.201. The predicted molar refractivity (Wildman–Crippen MR) is 86.6 cm³/mol. The fourth-order valence-electron chi connectivity index (χ4n) is 1.22. The molecule has 0 N–H and O–H groups in total. The molecule has 0 saturated heterocycles. The summed E-state index contributed by atoms with van der Waals surface area (Å²) in [5.41, 5.74) is 0. The van der Waals surface area contributed by atoms with Gasteiger partial charge >= 0.3 is 0 Å². The van der Waals surface area contributed by atoms with Gasteiger partial charge in [-0.05, 0) is 25.0 Å². The molecule has 0 aliphatic rings. The van der Waals surface area contributed by atoms with E-state index >= 15 is 0 Å². The fraction of sp³-hybridized carbons (Fsp3) is 0.438. The van der Waals surface area contributed by atoms with Gasteiger partial charge in [-0.15, -0.1) is 6.58 Å². The van der Waals surface area contributed by atoms with E-state index in [9.17, 15) is 0 Å². The van der Waals surface area contributed by atoms with Crippen molar-refractivity contribution >= 4 is 23.2 Å². The average Bonchev–Trinajstić information content (AvgIpc) is 2.45. The van der Waals surface area contributed by atoms with Crippen LogP contribution in [0.4, 0.5) is 0 Å². The number of nitrogens with zero attached hydrogens (tertiary/aromatic N) is 1. The summed E-state index contributed by atoms with van der Waals surface area (Å²) in [6.07, 6.45) is 4.74. The van der Waals surface area contributed by atoms with Gasteiger partial charge in [-0.25, -0.2) is 0 Å². The molecule has 0 aliphatic heterocycles. The number of rotatable bonds is 4. The molecule has 0 spiro atoms. The molecule has 0 aliphatic carbocycles. The number of hydrogen-bond donors (Lipinski definition) is 0. The highest BCUT2D eigenvalue weighted by atomic mass is 35.5. The van der Waals surface area contributed by atoms with E-state index in [1.54, 1.807) is 12.1 Å². The van der Waals surface area contributed by atoms with Gasteiger partial charge in [-0.3, -0.25) is 0 Å². The molecule has 1 rings (SSSR count). The first-order valence-electron chi connectivity index (χ1n) is 6.56. The summed E-state index contributed by atoms with van der Waals surface area (Å²) in [4.78, 5) is 0. The van der Waals surface area contributed by atoms with Crippen molar-refractivity contribution < 1.29 is 0 Å². The first kappa shape index (κ1) is 20.3. The second kappa shape index (κ2) is 15.1. The van der Waals surface area contributed by atoms with Crippen LogP contribution in [0.1, 0.15) is 40.0 Å². The Labute approximate surface area is 127 Å². The average molecular weight is 300 g/mol. The summed E-state index contributed by atoms with van der Waals surface area (Å²) in [6, 6.07) is 9.42. The van der Waals surface area contributed by atoms with Crippen molar-refractivity contribution in [2.45, 2.75) is 40.0 Å². The zero-order chi connectivity index (χ0) is 15.1. The van der Waals surface area contributed by atoms with E-state index < -0.39 is 0 Å². The largest absolute Gasteiger partial charge is 0.198 e. The maximum Gasteiger partial charge on any atom is 0.0659 e. The molecule has 1 aromatic carbocycles. The standard InChI is InChI=1S/C8H13N.C6H4Cl2.C2H6/c1-3-5-8(7-9)6-4-2;7-5-3-1-2-4-6(5)8;1-2/h3,8H,1,4-6H2,2H3;1-4H;1-2H3/t8-;;/m1../s1. The van der Waals surface area contributed by atoms with Crippen LogP contribution in [0.25, 0.3) is 0 Å². The topological polar surface area (TPSA) is 23.8 Å². The lowest BCUT2D eigenvalue weighted by Crippen LogP contribution is -1.92. The summed E-state index contributed by atoms with van der Waals surface area (Å²) in [6.45, 7) is 9.67. The molecule has 0 fully saturated rings. The highest BCUT2D eigenvalue weighted by molar-refractivity contribution is 6.41. The molecule has 3 heteroatoms. The fourth-order valence-corrected chi connectivity index (χ4v) is 1.50. The van der Waals surface area contributed by atoms with Crippen molar-refractivity contribution in [1.82, 2.24) is 0 Å². The van der Waals surface area contributed by atoms with Crippen LogP contribution in [0.2, 0.25) is 10.0 Å². The van der Waals surface area contributed by atoms with Crippen LogP contribution in [-0.2, 0) is 0 Å². The Bertz CT molecular complexity index is 348. The monoisotopic (exact) mass is 299 g/mol.